The van der Waals surface area contributed by atoms with E-state index in [1.165, 1.54) is 16.8 Å². The SMILES string of the molecule is CN1CCN(c2ccc(-c3ccc4nc(-c5ccc(OCCCC(=O)N6CCN(c7nncc8sccc78)CC6)cc5)[nH]c4c3)cc2)CC1. The number of rotatable bonds is 9. The number of aromatic amines is 1. The standard InChI is InChI=1S/C38H40N8O2S/c1-43-15-17-44(18-16-43)30-9-4-27(5-10-30)29-8-13-33-34(25-29)41-37(40-33)28-6-11-31(12-7-28)48-23-2-3-36(47)45-19-21-46(22-20-45)38-32-14-24-49-35(32)26-39-42-38/h4-14,24-26H,2-3,15-23H2,1H3,(H,40,41). The van der Waals surface area contributed by atoms with Crippen LogP contribution in [0.4, 0.5) is 11.5 Å². The quantitative estimate of drug-likeness (QED) is 0.183. The second-order valence-electron chi connectivity index (χ2n) is 12.9. The Kier molecular flexibility index (Phi) is 8.84. The predicted octanol–water partition coefficient (Wildman–Crippen LogP) is 6.16. The first-order valence-corrected chi connectivity index (χ1v) is 17.9. The average Bonchev–Trinajstić information content (AvgIpc) is 3.81. The Morgan fingerprint density at radius 3 is 2.37 bits per heavy atom. The van der Waals surface area contributed by atoms with Gasteiger partial charge in [0.1, 0.15) is 11.6 Å². The van der Waals surface area contributed by atoms with Gasteiger partial charge in [-0.05, 0) is 84.6 Å². The molecule has 1 amide bonds. The highest BCUT2D eigenvalue weighted by atomic mass is 32.1. The summed E-state index contributed by atoms with van der Waals surface area (Å²) in [5.74, 6) is 2.70. The van der Waals surface area contributed by atoms with Crippen LogP contribution in [0.2, 0.25) is 0 Å². The number of nitrogens with one attached hydrogen (secondary N) is 1. The van der Waals surface area contributed by atoms with Crippen molar-refractivity contribution in [3.63, 3.8) is 0 Å². The van der Waals surface area contributed by atoms with Gasteiger partial charge in [0, 0.05) is 75.4 Å². The van der Waals surface area contributed by atoms with E-state index < -0.39 is 0 Å². The number of nitrogens with zero attached hydrogens (tertiary/aromatic N) is 7. The van der Waals surface area contributed by atoms with Crippen LogP contribution in [0.3, 0.4) is 0 Å². The first-order chi connectivity index (χ1) is 24.1. The summed E-state index contributed by atoms with van der Waals surface area (Å²) in [7, 11) is 2.18. The van der Waals surface area contributed by atoms with Gasteiger partial charge in [0.15, 0.2) is 5.82 Å². The van der Waals surface area contributed by atoms with Crippen LogP contribution in [-0.4, -0.2) is 102 Å². The van der Waals surface area contributed by atoms with E-state index in [1.54, 1.807) is 11.3 Å². The van der Waals surface area contributed by atoms with Crippen molar-refractivity contribution in [2.45, 2.75) is 12.8 Å². The molecule has 0 spiro atoms. The zero-order chi connectivity index (χ0) is 33.2. The fourth-order valence-electron chi connectivity index (χ4n) is 6.73. The average molecular weight is 673 g/mol. The number of imidazole rings is 1. The normalized spacial score (nSPS) is 15.7. The molecule has 2 fully saturated rings. The molecule has 0 bridgehead atoms. The molecule has 1 N–H and O–H groups in total. The number of H-pyrrole nitrogens is 1. The van der Waals surface area contributed by atoms with Gasteiger partial charge in [0.2, 0.25) is 5.91 Å². The van der Waals surface area contributed by atoms with Crippen LogP contribution < -0.4 is 14.5 Å². The second kappa shape index (κ2) is 13.9. The van der Waals surface area contributed by atoms with Gasteiger partial charge in [-0.25, -0.2) is 4.98 Å². The third kappa shape index (κ3) is 6.81. The minimum absolute atomic E-state index is 0.175. The molecule has 0 radical (unpaired) electrons. The molecule has 0 atom stereocenters. The number of hydrogen-bond donors (Lipinski definition) is 1. The van der Waals surface area contributed by atoms with Crippen LogP contribution in [0.15, 0.2) is 84.4 Å². The molecule has 2 aliphatic heterocycles. The van der Waals surface area contributed by atoms with Crippen molar-refractivity contribution in [2.24, 2.45) is 0 Å². The highest BCUT2D eigenvalue weighted by Crippen LogP contribution is 2.30. The van der Waals surface area contributed by atoms with Crippen LogP contribution in [0.1, 0.15) is 12.8 Å². The minimum Gasteiger partial charge on any atom is -0.494 e. The van der Waals surface area contributed by atoms with Gasteiger partial charge in [-0.3, -0.25) is 4.79 Å². The van der Waals surface area contributed by atoms with Crippen LogP contribution in [0, 0.1) is 0 Å². The lowest BCUT2D eigenvalue weighted by molar-refractivity contribution is -0.131. The largest absolute Gasteiger partial charge is 0.494 e. The first kappa shape index (κ1) is 31.3. The summed E-state index contributed by atoms with van der Waals surface area (Å²) in [5, 5.41) is 11.7. The van der Waals surface area contributed by atoms with Gasteiger partial charge >= 0.3 is 0 Å². The van der Waals surface area contributed by atoms with E-state index in [-0.39, 0.29) is 5.91 Å². The van der Waals surface area contributed by atoms with E-state index in [0.717, 1.165) is 83.3 Å². The van der Waals surface area contributed by atoms with Crippen molar-refractivity contribution in [2.75, 3.05) is 75.8 Å². The van der Waals surface area contributed by atoms with E-state index in [9.17, 15) is 4.79 Å². The number of fused-ring (bicyclic) bond motifs is 2. The van der Waals surface area contributed by atoms with Gasteiger partial charge in [-0.2, -0.15) is 5.10 Å². The smallest absolute Gasteiger partial charge is 0.222 e. The Morgan fingerprint density at radius 2 is 1.57 bits per heavy atom. The molecule has 3 aromatic heterocycles. The Morgan fingerprint density at radius 1 is 0.837 bits per heavy atom. The van der Waals surface area contributed by atoms with E-state index in [0.29, 0.717) is 32.5 Å². The van der Waals surface area contributed by atoms with Crippen molar-refractivity contribution in [3.05, 3.63) is 84.4 Å². The summed E-state index contributed by atoms with van der Waals surface area (Å²) >= 11 is 1.67. The van der Waals surface area contributed by atoms with Gasteiger partial charge in [0.25, 0.3) is 0 Å². The number of anilines is 2. The van der Waals surface area contributed by atoms with E-state index in [4.69, 9.17) is 9.72 Å². The minimum atomic E-state index is 0.175. The third-order valence-corrected chi connectivity index (χ3v) is 10.5. The topological polar surface area (TPSA) is 93.7 Å². The molecule has 49 heavy (non-hydrogen) atoms. The van der Waals surface area contributed by atoms with Gasteiger partial charge < -0.3 is 29.3 Å². The number of carbonyl (C=O) groups is 1. The van der Waals surface area contributed by atoms with E-state index in [2.05, 4.69) is 90.8 Å². The Bertz CT molecular complexity index is 2040. The summed E-state index contributed by atoms with van der Waals surface area (Å²) in [5.41, 5.74) is 6.59. The molecule has 2 saturated heterocycles. The highest BCUT2D eigenvalue weighted by molar-refractivity contribution is 7.17. The summed E-state index contributed by atoms with van der Waals surface area (Å²) in [4.78, 5) is 30.3. The molecule has 5 heterocycles. The zero-order valence-corrected chi connectivity index (χ0v) is 28.5. The number of aromatic nitrogens is 4. The number of likely N-dealkylation sites (N-methyl/N-ethyl adjacent to an activating group) is 1. The van der Waals surface area contributed by atoms with Crippen molar-refractivity contribution in [1.82, 2.24) is 30.0 Å². The summed E-state index contributed by atoms with van der Waals surface area (Å²) < 4.78 is 7.13. The van der Waals surface area contributed by atoms with Crippen LogP contribution in [0.25, 0.3) is 43.6 Å². The number of thiophene rings is 1. The maximum Gasteiger partial charge on any atom is 0.222 e. The van der Waals surface area contributed by atoms with Crippen LogP contribution in [-0.2, 0) is 4.79 Å². The Hall–Kier alpha value is -5.00. The maximum absolute atomic E-state index is 12.9. The van der Waals surface area contributed by atoms with E-state index >= 15 is 0 Å². The lowest BCUT2D eigenvalue weighted by Gasteiger charge is -2.35. The molecule has 6 aromatic rings. The zero-order valence-electron chi connectivity index (χ0n) is 27.7. The Labute approximate surface area is 289 Å². The fourth-order valence-corrected chi connectivity index (χ4v) is 7.48. The highest BCUT2D eigenvalue weighted by Gasteiger charge is 2.23. The summed E-state index contributed by atoms with van der Waals surface area (Å²) in [6.07, 6.45) is 2.95. The van der Waals surface area contributed by atoms with Gasteiger partial charge in [0.05, 0.1) is 28.5 Å². The number of carbonyl (C=O) groups excluding carboxylic acids is 1. The number of ether oxygens (including phenoxy) is 1. The lowest BCUT2D eigenvalue weighted by atomic mass is 10.0. The first-order valence-electron chi connectivity index (χ1n) is 17.1. The lowest BCUT2D eigenvalue weighted by Crippen LogP contribution is -2.49. The molecule has 0 saturated carbocycles. The Balaban J connectivity index is 0.813. The molecular weight excluding hydrogens is 633 g/mol. The third-order valence-electron chi connectivity index (χ3n) is 9.68. The second-order valence-corrected chi connectivity index (χ2v) is 13.8. The molecule has 0 aliphatic carbocycles. The van der Waals surface area contributed by atoms with Crippen molar-refractivity contribution in [3.8, 4) is 28.3 Å². The molecule has 250 valence electrons. The molecule has 11 heteroatoms. The molecule has 2 aliphatic rings. The molecule has 3 aromatic carbocycles. The fraction of sp³-hybridized carbons (Fsp3) is 0.316. The maximum atomic E-state index is 12.9. The van der Waals surface area contributed by atoms with Gasteiger partial charge in [-0.1, -0.05) is 18.2 Å². The molecule has 0 unspecified atom stereocenters. The number of benzene rings is 3. The predicted molar refractivity (Wildman–Crippen MR) is 198 cm³/mol. The number of hydrogen-bond acceptors (Lipinski definition) is 9. The summed E-state index contributed by atoms with van der Waals surface area (Å²) in [6, 6.07) is 25.4. The van der Waals surface area contributed by atoms with Crippen molar-refractivity contribution in [1.29, 1.82) is 0 Å². The van der Waals surface area contributed by atoms with Crippen LogP contribution in [0.5, 0.6) is 5.75 Å². The van der Waals surface area contributed by atoms with Crippen molar-refractivity contribution >= 4 is 49.9 Å². The van der Waals surface area contributed by atoms with Gasteiger partial charge in [-0.15, -0.1) is 16.4 Å². The van der Waals surface area contributed by atoms with Crippen molar-refractivity contribution < 1.29 is 9.53 Å². The number of amides is 1. The van der Waals surface area contributed by atoms with E-state index in [1.807, 2.05) is 35.4 Å². The molecule has 10 nitrogen and oxygen atoms in total. The monoisotopic (exact) mass is 672 g/mol. The number of piperazine rings is 2. The summed E-state index contributed by atoms with van der Waals surface area (Å²) in [6.45, 7) is 7.73. The molecule has 8 rings (SSSR count). The van der Waals surface area contributed by atoms with Crippen LogP contribution >= 0.6 is 11.3 Å². The molecular formula is C38H40N8O2S.